The second-order valence-electron chi connectivity index (χ2n) is 3.58. The molecule has 3 heteroatoms. The smallest absolute Gasteiger partial charge is 0.0946 e. The Morgan fingerprint density at radius 1 is 1.40 bits per heavy atom. The monoisotopic (exact) mass is 220 g/mol. The van der Waals surface area contributed by atoms with Crippen molar-refractivity contribution in [3.63, 3.8) is 0 Å². The molecule has 1 unspecified atom stereocenters. The van der Waals surface area contributed by atoms with Gasteiger partial charge in [-0.2, -0.15) is 0 Å². The minimum Gasteiger partial charge on any atom is -0.336 e. The van der Waals surface area contributed by atoms with Crippen molar-refractivity contribution < 1.29 is 0 Å². The highest BCUT2D eigenvalue weighted by Crippen LogP contribution is 2.25. The summed E-state index contributed by atoms with van der Waals surface area (Å²) in [6, 6.07) is 8.20. The average Bonchev–Trinajstić information content (AvgIpc) is 2.71. The zero-order valence-corrected chi connectivity index (χ0v) is 9.35. The fourth-order valence-electron chi connectivity index (χ4n) is 1.62. The van der Waals surface area contributed by atoms with Gasteiger partial charge in [0.25, 0.3) is 0 Å². The lowest BCUT2D eigenvalue weighted by Gasteiger charge is -2.12. The van der Waals surface area contributed by atoms with Gasteiger partial charge in [0, 0.05) is 18.9 Å². The van der Waals surface area contributed by atoms with Crippen LogP contribution in [-0.2, 0) is 6.54 Å². The topological polar surface area (TPSA) is 17.8 Å². The van der Waals surface area contributed by atoms with Crippen LogP contribution in [0.25, 0.3) is 0 Å². The van der Waals surface area contributed by atoms with Crippen molar-refractivity contribution in [2.45, 2.75) is 18.8 Å². The van der Waals surface area contributed by atoms with Crippen LogP contribution in [-0.4, -0.2) is 9.55 Å². The third-order valence-electron chi connectivity index (χ3n) is 2.46. The van der Waals surface area contributed by atoms with Gasteiger partial charge in [-0.3, -0.25) is 0 Å². The van der Waals surface area contributed by atoms with Gasteiger partial charge in [0.1, 0.15) is 0 Å². The molecular weight excluding hydrogens is 208 g/mol. The SMILES string of the molecule is Cc1ccccc1C(Cl)Cn1ccnc1. The van der Waals surface area contributed by atoms with Crippen LogP contribution in [0.2, 0.25) is 0 Å². The van der Waals surface area contributed by atoms with Crippen LogP contribution in [0.3, 0.4) is 0 Å². The number of hydrogen-bond donors (Lipinski definition) is 0. The summed E-state index contributed by atoms with van der Waals surface area (Å²) in [4.78, 5) is 4.00. The van der Waals surface area contributed by atoms with Crippen LogP contribution in [0.4, 0.5) is 0 Å². The Balaban J connectivity index is 2.15. The Labute approximate surface area is 94.5 Å². The first-order valence-electron chi connectivity index (χ1n) is 4.92. The van der Waals surface area contributed by atoms with Crippen LogP contribution >= 0.6 is 11.6 Å². The third-order valence-corrected chi connectivity index (χ3v) is 2.83. The van der Waals surface area contributed by atoms with Gasteiger partial charge in [0.15, 0.2) is 0 Å². The molecule has 0 aliphatic heterocycles. The van der Waals surface area contributed by atoms with Gasteiger partial charge >= 0.3 is 0 Å². The lowest BCUT2D eigenvalue weighted by atomic mass is 10.1. The highest BCUT2D eigenvalue weighted by molar-refractivity contribution is 6.20. The number of alkyl halides is 1. The van der Waals surface area contributed by atoms with Gasteiger partial charge < -0.3 is 4.57 Å². The molecule has 0 saturated carbocycles. The molecule has 0 N–H and O–H groups in total. The average molecular weight is 221 g/mol. The Morgan fingerprint density at radius 2 is 2.20 bits per heavy atom. The molecule has 0 bridgehead atoms. The molecule has 0 aliphatic rings. The first-order valence-corrected chi connectivity index (χ1v) is 5.36. The van der Waals surface area contributed by atoms with Crippen LogP contribution in [0.1, 0.15) is 16.5 Å². The van der Waals surface area contributed by atoms with E-state index in [1.807, 2.05) is 22.9 Å². The molecule has 0 amide bonds. The minimum absolute atomic E-state index is 0.000370. The molecular formula is C12H13ClN2. The fraction of sp³-hybridized carbons (Fsp3) is 0.250. The Kier molecular flexibility index (Phi) is 3.07. The van der Waals surface area contributed by atoms with Crippen molar-refractivity contribution in [3.8, 4) is 0 Å². The largest absolute Gasteiger partial charge is 0.336 e. The maximum atomic E-state index is 6.35. The fourth-order valence-corrected chi connectivity index (χ4v) is 2.02. The number of aryl methyl sites for hydroxylation is 1. The van der Waals surface area contributed by atoms with E-state index in [9.17, 15) is 0 Å². The molecule has 2 aromatic rings. The van der Waals surface area contributed by atoms with E-state index in [-0.39, 0.29) is 5.38 Å². The number of hydrogen-bond acceptors (Lipinski definition) is 1. The second kappa shape index (κ2) is 4.49. The predicted octanol–water partition coefficient (Wildman–Crippen LogP) is 3.17. The molecule has 2 rings (SSSR count). The molecule has 78 valence electrons. The molecule has 2 nitrogen and oxygen atoms in total. The van der Waals surface area contributed by atoms with Gasteiger partial charge in [-0.25, -0.2) is 4.98 Å². The summed E-state index contributed by atoms with van der Waals surface area (Å²) in [7, 11) is 0. The van der Waals surface area contributed by atoms with E-state index in [1.54, 1.807) is 12.5 Å². The molecule has 0 spiro atoms. The second-order valence-corrected chi connectivity index (χ2v) is 4.11. The van der Waals surface area contributed by atoms with Crippen molar-refractivity contribution in [1.29, 1.82) is 0 Å². The molecule has 15 heavy (non-hydrogen) atoms. The minimum atomic E-state index is 0.000370. The van der Waals surface area contributed by atoms with Crippen LogP contribution in [0, 0.1) is 6.92 Å². The number of nitrogens with zero attached hydrogens (tertiary/aromatic N) is 2. The van der Waals surface area contributed by atoms with Gasteiger partial charge in [0.05, 0.1) is 11.7 Å². The summed E-state index contributed by atoms with van der Waals surface area (Å²) in [6.45, 7) is 2.84. The van der Waals surface area contributed by atoms with Crippen LogP contribution < -0.4 is 0 Å². The molecule has 0 radical (unpaired) electrons. The molecule has 1 aromatic heterocycles. The molecule has 0 saturated heterocycles. The Morgan fingerprint density at radius 3 is 2.87 bits per heavy atom. The normalized spacial score (nSPS) is 12.7. The summed E-state index contributed by atoms with van der Waals surface area (Å²) in [5.74, 6) is 0. The summed E-state index contributed by atoms with van der Waals surface area (Å²) in [6.07, 6.45) is 5.47. The highest BCUT2D eigenvalue weighted by Gasteiger charge is 2.10. The maximum absolute atomic E-state index is 6.35. The van der Waals surface area contributed by atoms with Crippen LogP contribution in [0.15, 0.2) is 43.0 Å². The summed E-state index contributed by atoms with van der Waals surface area (Å²) in [5, 5.41) is 0.000370. The molecule has 1 atom stereocenters. The van der Waals surface area contributed by atoms with E-state index in [2.05, 4.69) is 24.0 Å². The predicted molar refractivity (Wildman–Crippen MR) is 62.0 cm³/mol. The first kappa shape index (κ1) is 10.2. The highest BCUT2D eigenvalue weighted by atomic mass is 35.5. The van der Waals surface area contributed by atoms with Crippen molar-refractivity contribution in [3.05, 3.63) is 54.1 Å². The van der Waals surface area contributed by atoms with E-state index < -0.39 is 0 Å². The zero-order chi connectivity index (χ0) is 10.7. The number of rotatable bonds is 3. The molecule has 1 heterocycles. The number of aromatic nitrogens is 2. The van der Waals surface area contributed by atoms with Gasteiger partial charge in [-0.15, -0.1) is 11.6 Å². The quantitative estimate of drug-likeness (QED) is 0.727. The zero-order valence-electron chi connectivity index (χ0n) is 8.60. The van der Waals surface area contributed by atoms with E-state index in [1.165, 1.54) is 11.1 Å². The molecule has 0 aliphatic carbocycles. The van der Waals surface area contributed by atoms with Crippen LogP contribution in [0.5, 0.6) is 0 Å². The van der Waals surface area contributed by atoms with Crippen molar-refractivity contribution in [2.75, 3.05) is 0 Å². The van der Waals surface area contributed by atoms with Gasteiger partial charge in [0.2, 0.25) is 0 Å². The number of halogens is 1. The van der Waals surface area contributed by atoms with E-state index in [4.69, 9.17) is 11.6 Å². The van der Waals surface area contributed by atoms with E-state index in [0.717, 1.165) is 6.54 Å². The summed E-state index contributed by atoms with van der Waals surface area (Å²) in [5.41, 5.74) is 2.42. The number of benzene rings is 1. The van der Waals surface area contributed by atoms with Crippen molar-refractivity contribution >= 4 is 11.6 Å². The third kappa shape index (κ3) is 2.39. The van der Waals surface area contributed by atoms with Crippen molar-refractivity contribution in [1.82, 2.24) is 9.55 Å². The Hall–Kier alpha value is -1.28. The molecule has 1 aromatic carbocycles. The van der Waals surface area contributed by atoms with E-state index in [0.29, 0.717) is 0 Å². The number of imidazole rings is 1. The lowest BCUT2D eigenvalue weighted by Crippen LogP contribution is -2.03. The van der Waals surface area contributed by atoms with Crippen molar-refractivity contribution in [2.24, 2.45) is 0 Å². The maximum Gasteiger partial charge on any atom is 0.0946 e. The van der Waals surface area contributed by atoms with Gasteiger partial charge in [-0.1, -0.05) is 24.3 Å². The summed E-state index contributed by atoms with van der Waals surface area (Å²) < 4.78 is 1.99. The molecule has 0 fully saturated rings. The first-order chi connectivity index (χ1) is 7.27. The van der Waals surface area contributed by atoms with Gasteiger partial charge in [-0.05, 0) is 18.1 Å². The Bertz CT molecular complexity index is 423. The summed E-state index contributed by atoms with van der Waals surface area (Å²) >= 11 is 6.35. The lowest BCUT2D eigenvalue weighted by molar-refractivity contribution is 0.675. The standard InChI is InChI=1S/C12H13ClN2/c1-10-4-2-3-5-11(10)12(13)8-15-7-6-14-9-15/h2-7,9,12H,8H2,1H3. The van der Waals surface area contributed by atoms with E-state index >= 15 is 0 Å².